The molecule has 1 fully saturated rings. The van der Waals surface area contributed by atoms with E-state index in [2.05, 4.69) is 30.7 Å². The molecule has 1 saturated heterocycles. The lowest BCUT2D eigenvalue weighted by molar-refractivity contribution is 0.0389. The van der Waals surface area contributed by atoms with Crippen molar-refractivity contribution in [1.29, 1.82) is 0 Å². The predicted octanol–water partition coefficient (Wildman–Crippen LogP) is -0.582. The van der Waals surface area contributed by atoms with Gasteiger partial charge in [-0.2, -0.15) is 4.98 Å². The van der Waals surface area contributed by atoms with E-state index in [9.17, 15) is 0 Å². The summed E-state index contributed by atoms with van der Waals surface area (Å²) in [5.41, 5.74) is 0. The first-order chi connectivity index (χ1) is 10.3. The number of hydrogen-bond acceptors (Lipinski definition) is 6. The van der Waals surface area contributed by atoms with E-state index in [1.165, 1.54) is 0 Å². The standard InChI is InChI=1S/C13H24N6O2/c1-11-17-12(21-18-11)3-4-15-13(14-2)16-5-6-19-7-9-20-10-8-19/h3-10H2,1-2H3,(H2,14,15,16). The van der Waals surface area contributed by atoms with Crippen LogP contribution in [0.4, 0.5) is 0 Å². The molecule has 8 nitrogen and oxygen atoms in total. The van der Waals surface area contributed by atoms with Gasteiger partial charge in [-0.3, -0.25) is 9.89 Å². The van der Waals surface area contributed by atoms with E-state index in [0.29, 0.717) is 24.7 Å². The Morgan fingerprint density at radius 1 is 1.29 bits per heavy atom. The van der Waals surface area contributed by atoms with Crippen LogP contribution >= 0.6 is 0 Å². The van der Waals surface area contributed by atoms with Gasteiger partial charge >= 0.3 is 0 Å². The molecule has 2 N–H and O–H groups in total. The molecular weight excluding hydrogens is 272 g/mol. The number of nitrogens with zero attached hydrogens (tertiary/aromatic N) is 4. The molecule has 1 aliphatic rings. The molecule has 1 aliphatic heterocycles. The molecule has 8 heteroatoms. The van der Waals surface area contributed by atoms with Crippen molar-refractivity contribution in [3.05, 3.63) is 11.7 Å². The van der Waals surface area contributed by atoms with Crippen LogP contribution in [0, 0.1) is 6.92 Å². The smallest absolute Gasteiger partial charge is 0.228 e. The molecular formula is C13H24N6O2. The molecule has 1 aromatic heterocycles. The third-order valence-corrected chi connectivity index (χ3v) is 3.25. The summed E-state index contributed by atoms with van der Waals surface area (Å²) in [4.78, 5) is 10.7. The van der Waals surface area contributed by atoms with Gasteiger partial charge in [-0.25, -0.2) is 0 Å². The average molecular weight is 296 g/mol. The molecule has 2 rings (SSSR count). The quantitative estimate of drug-likeness (QED) is 0.536. The molecule has 2 heterocycles. The zero-order valence-corrected chi connectivity index (χ0v) is 12.8. The van der Waals surface area contributed by atoms with E-state index in [4.69, 9.17) is 9.26 Å². The van der Waals surface area contributed by atoms with Crippen LogP contribution in [0.15, 0.2) is 9.52 Å². The van der Waals surface area contributed by atoms with Crippen molar-refractivity contribution in [1.82, 2.24) is 25.7 Å². The van der Waals surface area contributed by atoms with Crippen LogP contribution in [-0.2, 0) is 11.2 Å². The summed E-state index contributed by atoms with van der Waals surface area (Å²) >= 11 is 0. The number of morpholine rings is 1. The minimum Gasteiger partial charge on any atom is -0.379 e. The monoisotopic (exact) mass is 296 g/mol. The second-order valence-electron chi connectivity index (χ2n) is 4.87. The summed E-state index contributed by atoms with van der Waals surface area (Å²) in [6.07, 6.45) is 0.686. The summed E-state index contributed by atoms with van der Waals surface area (Å²) in [5.74, 6) is 2.10. The molecule has 0 aromatic carbocycles. The van der Waals surface area contributed by atoms with Crippen LogP contribution in [-0.4, -0.2) is 74.0 Å². The van der Waals surface area contributed by atoms with Gasteiger partial charge in [-0.05, 0) is 6.92 Å². The number of rotatable bonds is 6. The number of aryl methyl sites for hydroxylation is 1. The van der Waals surface area contributed by atoms with Crippen LogP contribution in [0.2, 0.25) is 0 Å². The second-order valence-corrected chi connectivity index (χ2v) is 4.87. The van der Waals surface area contributed by atoms with Crippen LogP contribution < -0.4 is 10.6 Å². The highest BCUT2D eigenvalue weighted by molar-refractivity contribution is 5.79. The molecule has 0 aliphatic carbocycles. The molecule has 0 bridgehead atoms. The third-order valence-electron chi connectivity index (χ3n) is 3.25. The number of guanidine groups is 1. The van der Waals surface area contributed by atoms with E-state index in [1.54, 1.807) is 7.05 Å². The Kier molecular flexibility index (Phi) is 6.42. The van der Waals surface area contributed by atoms with Gasteiger partial charge < -0.3 is 19.9 Å². The van der Waals surface area contributed by atoms with Gasteiger partial charge in [0, 0.05) is 46.2 Å². The Morgan fingerprint density at radius 3 is 2.71 bits per heavy atom. The molecule has 118 valence electrons. The lowest BCUT2D eigenvalue weighted by Gasteiger charge is -2.26. The maximum atomic E-state index is 5.33. The first-order valence-electron chi connectivity index (χ1n) is 7.32. The summed E-state index contributed by atoms with van der Waals surface area (Å²) in [5, 5.41) is 10.3. The SMILES string of the molecule is CN=C(NCCc1nc(C)no1)NCCN1CCOCC1. The Balaban J connectivity index is 1.59. The molecule has 21 heavy (non-hydrogen) atoms. The zero-order valence-electron chi connectivity index (χ0n) is 12.8. The topological polar surface area (TPSA) is 87.8 Å². The van der Waals surface area contributed by atoms with Crippen molar-refractivity contribution in [2.24, 2.45) is 4.99 Å². The van der Waals surface area contributed by atoms with Gasteiger partial charge in [0.1, 0.15) is 0 Å². The first-order valence-corrected chi connectivity index (χ1v) is 7.32. The highest BCUT2D eigenvalue weighted by Gasteiger charge is 2.09. The van der Waals surface area contributed by atoms with E-state index >= 15 is 0 Å². The normalized spacial score (nSPS) is 17.0. The van der Waals surface area contributed by atoms with Crippen molar-refractivity contribution in [2.75, 3.05) is 53.0 Å². The average Bonchev–Trinajstić information content (AvgIpc) is 2.92. The van der Waals surface area contributed by atoms with Crippen molar-refractivity contribution in [3.63, 3.8) is 0 Å². The van der Waals surface area contributed by atoms with Gasteiger partial charge in [-0.1, -0.05) is 5.16 Å². The molecule has 0 radical (unpaired) electrons. The summed E-state index contributed by atoms with van der Waals surface area (Å²) in [6, 6.07) is 0. The largest absolute Gasteiger partial charge is 0.379 e. The van der Waals surface area contributed by atoms with E-state index in [0.717, 1.165) is 45.4 Å². The predicted molar refractivity (Wildman–Crippen MR) is 79.4 cm³/mol. The Bertz CT molecular complexity index is 442. The zero-order chi connectivity index (χ0) is 14.9. The molecule has 0 saturated carbocycles. The van der Waals surface area contributed by atoms with Gasteiger partial charge in [0.05, 0.1) is 13.2 Å². The van der Waals surface area contributed by atoms with Crippen LogP contribution in [0.3, 0.4) is 0 Å². The van der Waals surface area contributed by atoms with Gasteiger partial charge in [-0.15, -0.1) is 0 Å². The first kappa shape index (κ1) is 15.7. The lowest BCUT2D eigenvalue weighted by Crippen LogP contribution is -2.44. The summed E-state index contributed by atoms with van der Waals surface area (Å²) in [7, 11) is 1.76. The number of hydrogen-bond donors (Lipinski definition) is 2. The van der Waals surface area contributed by atoms with E-state index < -0.39 is 0 Å². The fourth-order valence-corrected chi connectivity index (χ4v) is 2.11. The lowest BCUT2D eigenvalue weighted by atomic mass is 10.4. The highest BCUT2D eigenvalue weighted by Crippen LogP contribution is 1.96. The fraction of sp³-hybridized carbons (Fsp3) is 0.769. The van der Waals surface area contributed by atoms with Crippen molar-refractivity contribution in [3.8, 4) is 0 Å². The van der Waals surface area contributed by atoms with Crippen molar-refractivity contribution in [2.45, 2.75) is 13.3 Å². The van der Waals surface area contributed by atoms with Gasteiger partial charge in [0.15, 0.2) is 11.8 Å². The highest BCUT2D eigenvalue weighted by atomic mass is 16.5. The Morgan fingerprint density at radius 2 is 2.05 bits per heavy atom. The molecule has 1 aromatic rings. The van der Waals surface area contributed by atoms with Crippen molar-refractivity contribution >= 4 is 5.96 Å². The van der Waals surface area contributed by atoms with E-state index in [1.807, 2.05) is 6.92 Å². The number of aliphatic imine (C=N–C) groups is 1. The molecule has 0 unspecified atom stereocenters. The summed E-state index contributed by atoms with van der Waals surface area (Å²) < 4.78 is 10.4. The Hall–Kier alpha value is -1.67. The minimum atomic E-state index is 0.642. The molecule has 0 amide bonds. The van der Waals surface area contributed by atoms with Gasteiger partial charge in [0.25, 0.3) is 0 Å². The fourth-order valence-electron chi connectivity index (χ4n) is 2.11. The molecule has 0 spiro atoms. The number of aromatic nitrogens is 2. The maximum absolute atomic E-state index is 5.33. The second kappa shape index (κ2) is 8.58. The maximum Gasteiger partial charge on any atom is 0.228 e. The van der Waals surface area contributed by atoms with Crippen molar-refractivity contribution < 1.29 is 9.26 Å². The number of ether oxygens (including phenoxy) is 1. The summed E-state index contributed by atoms with van der Waals surface area (Å²) in [6.45, 7) is 8.04. The van der Waals surface area contributed by atoms with Crippen LogP contribution in [0.5, 0.6) is 0 Å². The van der Waals surface area contributed by atoms with E-state index in [-0.39, 0.29) is 0 Å². The van der Waals surface area contributed by atoms with Crippen LogP contribution in [0.25, 0.3) is 0 Å². The van der Waals surface area contributed by atoms with Gasteiger partial charge in [0.2, 0.25) is 5.89 Å². The molecule has 0 atom stereocenters. The minimum absolute atomic E-state index is 0.642. The third kappa shape index (κ3) is 5.68. The number of nitrogens with one attached hydrogen (secondary N) is 2. The Labute approximate surface area is 124 Å². The van der Waals surface area contributed by atoms with Crippen LogP contribution in [0.1, 0.15) is 11.7 Å².